The highest BCUT2D eigenvalue weighted by molar-refractivity contribution is 7.89. The van der Waals surface area contributed by atoms with Gasteiger partial charge in [0.05, 0.1) is 4.90 Å². The monoisotopic (exact) mass is 451 g/mol. The van der Waals surface area contributed by atoms with Crippen LogP contribution in [0.25, 0.3) is 0 Å². The van der Waals surface area contributed by atoms with E-state index in [1.54, 1.807) is 52.8 Å². The Hall–Kier alpha value is -2.00. The van der Waals surface area contributed by atoms with Crippen LogP contribution in [0, 0.1) is 0 Å². The van der Waals surface area contributed by atoms with Crippen LogP contribution >= 0.6 is 23.8 Å². The molecule has 2 aromatic rings. The van der Waals surface area contributed by atoms with Crippen molar-refractivity contribution in [3.63, 3.8) is 0 Å². The highest BCUT2D eigenvalue weighted by Crippen LogP contribution is 2.21. The molecule has 0 unspecified atom stereocenters. The average Bonchev–Trinajstić information content (AvgIpc) is 2.99. The summed E-state index contributed by atoms with van der Waals surface area (Å²) in [6.45, 7) is 1.12. The van der Waals surface area contributed by atoms with Gasteiger partial charge in [-0.25, -0.2) is 8.42 Å². The first-order chi connectivity index (χ1) is 13.9. The maximum absolute atomic E-state index is 12.8. The predicted molar refractivity (Wildman–Crippen MR) is 119 cm³/mol. The molecule has 1 aliphatic rings. The molecule has 1 amide bonds. The Morgan fingerprint density at radius 1 is 0.931 bits per heavy atom. The van der Waals surface area contributed by atoms with Gasteiger partial charge in [0, 0.05) is 29.4 Å². The zero-order valence-corrected chi connectivity index (χ0v) is 18.1. The van der Waals surface area contributed by atoms with Gasteiger partial charge in [-0.2, -0.15) is 4.31 Å². The number of halogens is 1. The molecule has 9 heteroatoms. The minimum Gasteiger partial charge on any atom is -0.332 e. The molecule has 2 N–H and O–H groups in total. The maximum atomic E-state index is 12.8. The minimum absolute atomic E-state index is 0.119. The summed E-state index contributed by atoms with van der Waals surface area (Å²) in [5.41, 5.74) is 1.01. The number of thiocarbonyl (C=S) groups is 1. The molecule has 0 saturated carbocycles. The molecule has 1 aliphatic heterocycles. The first-order valence-corrected chi connectivity index (χ1v) is 11.6. The molecule has 29 heavy (non-hydrogen) atoms. The van der Waals surface area contributed by atoms with Gasteiger partial charge < -0.3 is 5.32 Å². The average molecular weight is 452 g/mol. The summed E-state index contributed by atoms with van der Waals surface area (Å²) in [5, 5.41) is 6.12. The summed E-state index contributed by atoms with van der Waals surface area (Å²) in [6.07, 6.45) is 3.91. The highest BCUT2D eigenvalue weighted by Gasteiger charge is 2.24. The number of sulfonamides is 1. The summed E-state index contributed by atoms with van der Waals surface area (Å²) in [6, 6.07) is 12.8. The van der Waals surface area contributed by atoms with Crippen LogP contribution in [0.5, 0.6) is 0 Å². The number of rotatable bonds is 4. The van der Waals surface area contributed by atoms with E-state index < -0.39 is 10.0 Å². The van der Waals surface area contributed by atoms with Crippen molar-refractivity contribution >= 4 is 50.5 Å². The third kappa shape index (κ3) is 5.76. The van der Waals surface area contributed by atoms with E-state index in [9.17, 15) is 13.2 Å². The van der Waals surface area contributed by atoms with Gasteiger partial charge in [0.25, 0.3) is 5.91 Å². The fourth-order valence-electron chi connectivity index (χ4n) is 3.08. The van der Waals surface area contributed by atoms with Gasteiger partial charge in [0.15, 0.2) is 5.11 Å². The van der Waals surface area contributed by atoms with Crippen molar-refractivity contribution in [2.45, 2.75) is 30.6 Å². The number of carbonyl (C=O) groups excluding carboxylic acids is 1. The van der Waals surface area contributed by atoms with E-state index in [2.05, 4.69) is 10.6 Å². The van der Waals surface area contributed by atoms with Crippen molar-refractivity contribution in [1.29, 1.82) is 0 Å². The minimum atomic E-state index is -3.50. The summed E-state index contributed by atoms with van der Waals surface area (Å²) >= 11 is 11.0. The predicted octanol–water partition coefficient (Wildman–Crippen LogP) is 4.03. The summed E-state index contributed by atoms with van der Waals surface area (Å²) < 4.78 is 27.2. The van der Waals surface area contributed by atoms with E-state index in [4.69, 9.17) is 23.8 Å². The molecular formula is C20H22ClN3O3S2. The zero-order valence-electron chi connectivity index (χ0n) is 15.7. The topological polar surface area (TPSA) is 78.5 Å². The first kappa shape index (κ1) is 21.7. The fourth-order valence-corrected chi connectivity index (χ4v) is 4.93. The van der Waals surface area contributed by atoms with Crippen LogP contribution in [-0.4, -0.2) is 36.8 Å². The Morgan fingerprint density at radius 2 is 1.52 bits per heavy atom. The van der Waals surface area contributed by atoms with Crippen LogP contribution in [0.3, 0.4) is 0 Å². The number of nitrogens with one attached hydrogen (secondary N) is 2. The molecule has 0 bridgehead atoms. The number of nitrogens with zero attached hydrogens (tertiary/aromatic N) is 1. The lowest BCUT2D eigenvalue weighted by Crippen LogP contribution is -2.34. The van der Waals surface area contributed by atoms with E-state index in [1.165, 1.54) is 0 Å². The Labute approximate surface area is 181 Å². The number of benzene rings is 2. The molecule has 2 aromatic carbocycles. The summed E-state index contributed by atoms with van der Waals surface area (Å²) in [5.74, 6) is -0.362. The van der Waals surface area contributed by atoms with Gasteiger partial charge in [0.1, 0.15) is 0 Å². The van der Waals surface area contributed by atoms with E-state index in [0.717, 1.165) is 25.7 Å². The molecular weight excluding hydrogens is 430 g/mol. The number of hydrogen-bond acceptors (Lipinski definition) is 4. The highest BCUT2D eigenvalue weighted by atomic mass is 35.5. The molecule has 1 saturated heterocycles. The molecule has 0 aromatic heterocycles. The first-order valence-electron chi connectivity index (χ1n) is 9.34. The van der Waals surface area contributed by atoms with Crippen LogP contribution in [0.4, 0.5) is 5.69 Å². The van der Waals surface area contributed by atoms with E-state index in [1.807, 2.05) is 0 Å². The number of carbonyl (C=O) groups is 1. The smallest absolute Gasteiger partial charge is 0.257 e. The van der Waals surface area contributed by atoms with Gasteiger partial charge in [0.2, 0.25) is 10.0 Å². The summed E-state index contributed by atoms with van der Waals surface area (Å²) in [4.78, 5) is 12.4. The second kappa shape index (κ2) is 9.67. The Kier molecular flexibility index (Phi) is 7.23. The van der Waals surface area contributed by atoms with Gasteiger partial charge in [-0.3, -0.25) is 10.1 Å². The number of anilines is 1. The third-order valence-electron chi connectivity index (χ3n) is 4.65. The van der Waals surface area contributed by atoms with Crippen LogP contribution in [0.15, 0.2) is 53.4 Å². The SMILES string of the molecule is O=C(NC(=S)Nc1ccc(S(=O)(=O)N2CCCCCC2)cc1)c1ccc(Cl)cc1. The lowest BCUT2D eigenvalue weighted by molar-refractivity contribution is 0.0977. The largest absolute Gasteiger partial charge is 0.332 e. The molecule has 0 radical (unpaired) electrons. The lowest BCUT2D eigenvalue weighted by Gasteiger charge is -2.20. The standard InChI is InChI=1S/C20H22ClN3O3S2/c21-16-7-5-15(6-8-16)19(25)23-20(28)22-17-9-11-18(12-10-17)29(26,27)24-13-3-1-2-4-14-24/h5-12H,1-4,13-14H2,(H2,22,23,25,28). The molecule has 3 rings (SSSR count). The molecule has 1 heterocycles. The molecule has 1 fully saturated rings. The molecule has 0 atom stereocenters. The van der Waals surface area contributed by atoms with Crippen molar-refractivity contribution in [1.82, 2.24) is 9.62 Å². The Bertz CT molecular complexity index is 969. The molecule has 0 spiro atoms. The van der Waals surface area contributed by atoms with Crippen LogP contribution in [0.2, 0.25) is 5.02 Å². The second-order valence-corrected chi connectivity index (χ2v) is 9.54. The Morgan fingerprint density at radius 3 is 2.10 bits per heavy atom. The molecule has 154 valence electrons. The summed E-state index contributed by atoms with van der Waals surface area (Å²) in [7, 11) is -3.50. The lowest BCUT2D eigenvalue weighted by atomic mass is 10.2. The van der Waals surface area contributed by atoms with Gasteiger partial charge in [-0.15, -0.1) is 0 Å². The normalized spacial score (nSPS) is 15.3. The van der Waals surface area contributed by atoms with E-state index in [-0.39, 0.29) is 15.9 Å². The van der Waals surface area contributed by atoms with Crippen LogP contribution < -0.4 is 10.6 Å². The van der Waals surface area contributed by atoms with Gasteiger partial charge >= 0.3 is 0 Å². The molecule has 0 aliphatic carbocycles. The van der Waals surface area contributed by atoms with Crippen molar-refractivity contribution in [2.75, 3.05) is 18.4 Å². The van der Waals surface area contributed by atoms with Crippen LogP contribution in [0.1, 0.15) is 36.0 Å². The van der Waals surface area contributed by atoms with E-state index in [0.29, 0.717) is 29.4 Å². The molecule has 6 nitrogen and oxygen atoms in total. The van der Waals surface area contributed by atoms with E-state index >= 15 is 0 Å². The van der Waals surface area contributed by atoms with Crippen molar-refractivity contribution in [3.05, 3.63) is 59.1 Å². The zero-order chi connectivity index (χ0) is 20.9. The quantitative estimate of drug-likeness (QED) is 0.686. The van der Waals surface area contributed by atoms with Gasteiger partial charge in [-0.1, -0.05) is 24.4 Å². The fraction of sp³-hybridized carbons (Fsp3) is 0.300. The van der Waals surface area contributed by atoms with Crippen molar-refractivity contribution < 1.29 is 13.2 Å². The number of hydrogen-bond donors (Lipinski definition) is 2. The third-order valence-corrected chi connectivity index (χ3v) is 7.02. The second-order valence-electron chi connectivity index (χ2n) is 6.76. The van der Waals surface area contributed by atoms with Crippen molar-refractivity contribution in [2.24, 2.45) is 0 Å². The van der Waals surface area contributed by atoms with Gasteiger partial charge in [-0.05, 0) is 73.6 Å². The van der Waals surface area contributed by atoms with Crippen LogP contribution in [-0.2, 0) is 10.0 Å². The maximum Gasteiger partial charge on any atom is 0.257 e. The Balaban J connectivity index is 1.61. The number of amides is 1. The van der Waals surface area contributed by atoms with Crippen molar-refractivity contribution in [3.8, 4) is 0 Å².